The van der Waals surface area contributed by atoms with Crippen LogP contribution in [-0.2, 0) is 32.7 Å². The number of piperidine rings is 1. The molecule has 2 saturated heterocycles. The van der Waals surface area contributed by atoms with Gasteiger partial charge in [0.2, 0.25) is 2.86 Å². The largest absolute Gasteiger partial charge is 1.00 e. The van der Waals surface area contributed by atoms with E-state index in [2.05, 4.69) is 31.3 Å². The van der Waals surface area contributed by atoms with Crippen molar-refractivity contribution in [1.29, 1.82) is 2.86 Å². The van der Waals surface area contributed by atoms with Gasteiger partial charge in [0.25, 0.3) is 5.91 Å². The fourth-order valence-electron chi connectivity index (χ4n) is 7.25. The van der Waals surface area contributed by atoms with Crippen molar-refractivity contribution < 1.29 is 136 Å². The van der Waals surface area contributed by atoms with Crippen LogP contribution in [0.1, 0.15) is 125 Å². The van der Waals surface area contributed by atoms with Crippen LogP contribution in [0.15, 0.2) is 79.1 Å². The third kappa shape index (κ3) is 18.0. The molecule has 71 heavy (non-hydrogen) atoms. The molecule has 3 heterocycles. The van der Waals surface area contributed by atoms with Crippen LogP contribution in [0.5, 0.6) is 0 Å². The zero-order valence-corrected chi connectivity index (χ0v) is 39.7. The molecule has 2 fully saturated rings. The van der Waals surface area contributed by atoms with Crippen molar-refractivity contribution in [2.45, 2.75) is 76.5 Å². The third-order valence-corrected chi connectivity index (χ3v) is 11.0. The molecule has 0 unspecified atom stereocenters. The number of alkyl halides is 9. The number of rotatable bonds is 12. The number of Topliss-reactive ketones (excluding diaryl/α,β-unsaturated/α-hetero) is 2. The number of hydrogen-bond donors (Lipinski definition) is 0. The Hall–Kier alpha value is -4.36. The molecule has 3 N–H and O–H groups in total. The van der Waals surface area contributed by atoms with Gasteiger partial charge in [-0.3, -0.25) is 24.2 Å². The van der Waals surface area contributed by atoms with E-state index in [0.29, 0.717) is 38.1 Å². The minimum atomic E-state index is -4.62. The van der Waals surface area contributed by atoms with Crippen LogP contribution in [0.25, 0.3) is 0 Å². The maximum absolute atomic E-state index is 13.7. The number of aryl methyl sites for hydroxylation is 2. The van der Waals surface area contributed by atoms with Crippen LogP contribution in [0.2, 0.25) is 0 Å². The Morgan fingerprint density at radius 2 is 1.23 bits per heavy atom. The Bertz CT molecular complexity index is 3000. The minimum absolute atomic E-state index is 0. The molecule has 3 aromatic carbocycles. The summed E-state index contributed by atoms with van der Waals surface area (Å²) < 4.78 is 283. The summed E-state index contributed by atoms with van der Waals surface area (Å²) in [6, 6.07) is 8.24. The monoisotopic (exact) mass is 1050 g/mol. The first-order valence-corrected chi connectivity index (χ1v) is 20.0. The summed E-state index contributed by atoms with van der Waals surface area (Å²) in [7, 11) is -8.98. The maximum Gasteiger partial charge on any atom is 1.00 e. The molecule has 0 bridgehead atoms. The molecule has 1 amide bonds. The Labute approximate surface area is 460 Å². The predicted octanol–water partition coefficient (Wildman–Crippen LogP) is 5.57. The zero-order valence-electron chi connectivity index (χ0n) is 59.7. The molecule has 388 valence electrons. The summed E-state index contributed by atoms with van der Waals surface area (Å²) >= 11 is 0. The Morgan fingerprint density at radius 1 is 0.761 bits per heavy atom. The van der Waals surface area contributed by atoms with Gasteiger partial charge in [-0.05, 0) is 82.4 Å². The van der Waals surface area contributed by atoms with E-state index >= 15 is 0 Å². The van der Waals surface area contributed by atoms with E-state index in [1.807, 2.05) is 6.92 Å². The van der Waals surface area contributed by atoms with Crippen molar-refractivity contribution >= 4 is 17.5 Å². The fourth-order valence-corrected chi connectivity index (χ4v) is 7.25. The number of ether oxygens (including phenoxy) is 3. The Balaban J connectivity index is 0.000000804. The normalized spacial score (nSPS) is 22.2. The van der Waals surface area contributed by atoms with Gasteiger partial charge in [-0.1, -0.05) is 36.4 Å². The van der Waals surface area contributed by atoms with E-state index in [9.17, 15) is 53.9 Å². The van der Waals surface area contributed by atoms with Crippen molar-refractivity contribution in [3.05, 3.63) is 129 Å². The summed E-state index contributed by atoms with van der Waals surface area (Å²) in [5, 5.41) is 0. The summed E-state index contributed by atoms with van der Waals surface area (Å²) in [5.74, 6) is -2.86. The quantitative estimate of drug-likeness (QED) is 0.0986. The van der Waals surface area contributed by atoms with Gasteiger partial charge < -0.3 is 30.1 Å². The van der Waals surface area contributed by atoms with E-state index in [1.165, 1.54) is 4.90 Å². The predicted molar refractivity (Wildman–Crippen MR) is 240 cm³/mol. The number of aromatic nitrogens is 2. The Kier molecular flexibility index (Phi) is 14.5. The summed E-state index contributed by atoms with van der Waals surface area (Å²) in [4.78, 5) is 49.4. The molecule has 6 rings (SSSR count). The molecule has 1 aromatic heterocycles. The summed E-state index contributed by atoms with van der Waals surface area (Å²) in [6.45, 7) is -7.43. The third-order valence-electron chi connectivity index (χ3n) is 11.0. The van der Waals surface area contributed by atoms with Gasteiger partial charge in [0, 0.05) is 84.8 Å². The van der Waals surface area contributed by atoms with E-state index < -0.39 is 147 Å². The van der Waals surface area contributed by atoms with Gasteiger partial charge in [-0.25, -0.2) is 9.97 Å². The number of piperazine rings is 1. The molecule has 4 aromatic rings. The average molecular weight is 1050 g/mol. The van der Waals surface area contributed by atoms with E-state index in [1.54, 1.807) is 11.8 Å². The molecular weight excluding hydrogens is 969 g/mol. The second kappa shape index (κ2) is 28.2. The molecular formula is C48H59F9N5NaO8. The standard InChI is InChI=1S/C28H38F3N5O2.2C10H9F3O2.Na.2H2O/c1-19-16-35(14-15-36(19)24(17-38-5)22-6-8-23(9-7-22)28(29,30)31)27(4)10-12-34(13-11-27)26(37)25-20(2)32-18-33-21(25)3;2*1-15-6-9(14)7-2-4-8(5-3-7)10(11,12)13;;;/h6-9,18-19,24H,10-17H2,1-5H3;2*2-5H,6H2,1H3;;2*1H2/q;;;+1;;/p-1/t19-,24-;;;;;/m0...../s1/i2D3,3D3,5D3,17D2;1D3,6D2;1D3;;;/hD3. The minimum Gasteiger partial charge on any atom is -0.870 e. The van der Waals surface area contributed by atoms with Crippen molar-refractivity contribution in [3.63, 3.8) is 0 Å². The van der Waals surface area contributed by atoms with Crippen LogP contribution in [0, 0.1) is 13.7 Å². The van der Waals surface area contributed by atoms with Gasteiger partial charge in [0.05, 0.1) is 64.1 Å². The van der Waals surface area contributed by atoms with Crippen LogP contribution in [0.3, 0.4) is 0 Å². The van der Waals surface area contributed by atoms with Crippen molar-refractivity contribution in [1.82, 2.24) is 24.7 Å². The molecule has 23 heteroatoms. The number of hydrogen-bond acceptors (Lipinski definition) is 11. The first-order valence-electron chi connectivity index (χ1n) is 30.7. The number of likely N-dealkylation sites (tertiary alicyclic amines) is 1. The average Bonchev–Trinajstić information content (AvgIpc) is 0.771. The van der Waals surface area contributed by atoms with Crippen LogP contribution < -0.4 is 29.6 Å². The molecule has 2 aliphatic heterocycles. The van der Waals surface area contributed by atoms with Crippen molar-refractivity contribution in [3.8, 4) is 0 Å². The van der Waals surface area contributed by atoms with Crippen molar-refractivity contribution in [2.24, 2.45) is 0 Å². The van der Waals surface area contributed by atoms with E-state index in [0.717, 1.165) is 67.0 Å². The van der Waals surface area contributed by atoms with Gasteiger partial charge >= 0.3 is 48.1 Å². The number of nitrogens with zero attached hydrogens (tertiary/aromatic N) is 5. The molecule has 2 atom stereocenters. The molecule has 13 nitrogen and oxygen atoms in total. The first kappa shape index (κ1) is 36.5. The number of carbonyl (C=O) groups excluding carboxylic acids is 3. The number of benzene rings is 3. The SMILES string of the molecule is [2H]C([2H])([2H])OC([2H])([2H])C(=O)c1ccc(C(F)(F)F)cc1.[2H]C([2H])([2H])OC([2H])([2H])[C@@H](c1ccc(C(F)(F)F)cc1)N1CCN(C2(C)CCN(C(=O)c3c(C([2H])([2H])[2H])ncnc3C([2H])([2H])[2H])CC2)C[C@@H]1C.[2H]C([2H])([2H])OCC(=O)c1ccc(C(F)(F)F)cc1.[2H]O[2H].[2H][O-].[Na+]. The topological polar surface area (TPSA) is 176 Å². The first-order chi connectivity index (χ1) is 41.6. The van der Waals surface area contributed by atoms with Crippen LogP contribution in [-0.4, -0.2) is 141 Å². The molecule has 0 saturated carbocycles. The molecule has 0 radical (unpaired) electrons. The molecule has 0 aliphatic carbocycles. The van der Waals surface area contributed by atoms with Gasteiger partial charge in [-0.2, -0.15) is 39.5 Å². The van der Waals surface area contributed by atoms with Gasteiger partial charge in [-0.15, -0.1) is 1.43 Å². The van der Waals surface area contributed by atoms with E-state index in [4.69, 9.17) is 39.1 Å². The number of carbonyl (C=O) groups is 3. The maximum atomic E-state index is 13.7. The smallest absolute Gasteiger partial charge is 0.870 e. The Morgan fingerprint density at radius 3 is 1.66 bits per heavy atom. The zero-order chi connectivity index (χ0) is 71.4. The van der Waals surface area contributed by atoms with Gasteiger partial charge in [0.1, 0.15) is 19.5 Å². The molecule has 0 spiro atoms. The van der Waals surface area contributed by atoms with Crippen LogP contribution >= 0.6 is 0 Å². The number of amides is 1. The number of halogens is 9. The van der Waals surface area contributed by atoms with Crippen molar-refractivity contribution in [2.75, 3.05) is 73.6 Å². The summed E-state index contributed by atoms with van der Waals surface area (Å²) in [6.07, 6.45) is -12.0. The second-order valence-corrected chi connectivity index (χ2v) is 15.4. The molecule has 2 aliphatic rings. The summed E-state index contributed by atoms with van der Waals surface area (Å²) in [5.41, 5.74) is 4.74. The van der Waals surface area contributed by atoms with Crippen LogP contribution in [0.4, 0.5) is 39.5 Å². The van der Waals surface area contributed by atoms with Gasteiger partial charge in [0.15, 0.2) is 11.6 Å². The second-order valence-electron chi connectivity index (χ2n) is 15.4. The number of ketones is 2. The fraction of sp³-hybridized carbons (Fsp3) is 0.479. The number of methoxy groups -OCH3 is 3. The van der Waals surface area contributed by atoms with E-state index in [-0.39, 0.29) is 60.3 Å².